The van der Waals surface area contributed by atoms with E-state index in [0.29, 0.717) is 0 Å². The van der Waals surface area contributed by atoms with Crippen molar-refractivity contribution in [1.82, 2.24) is 0 Å². The zero-order chi connectivity index (χ0) is 9.10. The normalized spacial score (nSPS) is 15.9. The third kappa shape index (κ3) is 1.76. The molecule has 0 aliphatic carbocycles. The third-order valence-corrected chi connectivity index (χ3v) is 3.01. The van der Waals surface area contributed by atoms with Crippen LogP contribution in [0.25, 0.3) is 0 Å². The van der Waals surface area contributed by atoms with Crippen molar-refractivity contribution in [2.75, 3.05) is 12.3 Å². The second-order valence-electron chi connectivity index (χ2n) is 2.85. The van der Waals surface area contributed by atoms with Gasteiger partial charge in [-0.1, -0.05) is 24.3 Å². The lowest BCUT2D eigenvalue weighted by molar-refractivity contribution is 0.281. The molecule has 0 aromatic heterocycles. The summed E-state index contributed by atoms with van der Waals surface area (Å²) in [6.07, 6.45) is 0. The number of nitrogens with zero attached hydrogens (tertiary/aromatic N) is 1. The molecule has 0 spiro atoms. The summed E-state index contributed by atoms with van der Waals surface area (Å²) in [4.78, 5) is 4.38. The highest BCUT2D eigenvalue weighted by Crippen LogP contribution is 2.21. The fourth-order valence-corrected chi connectivity index (χ4v) is 2.28. The molecule has 1 N–H and O–H groups in total. The highest BCUT2D eigenvalue weighted by molar-refractivity contribution is 8.14. The average molecular weight is 193 g/mol. The van der Waals surface area contributed by atoms with Crippen LogP contribution < -0.4 is 0 Å². The van der Waals surface area contributed by atoms with Crippen molar-refractivity contribution in [3.05, 3.63) is 35.4 Å². The summed E-state index contributed by atoms with van der Waals surface area (Å²) in [6.45, 7) is 0.996. The van der Waals surface area contributed by atoms with Gasteiger partial charge < -0.3 is 5.11 Å². The molecule has 1 aliphatic rings. The molecule has 0 amide bonds. The minimum Gasteiger partial charge on any atom is -0.392 e. The Bertz CT molecular complexity index is 335. The van der Waals surface area contributed by atoms with E-state index in [0.717, 1.165) is 28.5 Å². The maximum atomic E-state index is 9.11. The molecule has 1 aromatic carbocycles. The van der Waals surface area contributed by atoms with Crippen LogP contribution in [-0.2, 0) is 6.61 Å². The minimum atomic E-state index is 0.0930. The Labute approximate surface area is 81.7 Å². The predicted molar refractivity (Wildman–Crippen MR) is 56.2 cm³/mol. The van der Waals surface area contributed by atoms with Crippen LogP contribution in [0, 0.1) is 0 Å². The molecule has 0 saturated carbocycles. The van der Waals surface area contributed by atoms with Gasteiger partial charge in [-0.2, -0.15) is 0 Å². The maximum absolute atomic E-state index is 9.11. The molecule has 0 fully saturated rings. The molecule has 3 heteroatoms. The topological polar surface area (TPSA) is 32.6 Å². The Kier molecular flexibility index (Phi) is 2.66. The van der Waals surface area contributed by atoms with Gasteiger partial charge in [0.15, 0.2) is 0 Å². The standard InChI is InChI=1S/C10H11NOS/c12-7-8-3-1-2-4-9(8)10-11-5-6-13-10/h1-4,12H,5-7H2. The Morgan fingerprint density at radius 2 is 2.23 bits per heavy atom. The van der Waals surface area contributed by atoms with Crippen molar-refractivity contribution in [2.24, 2.45) is 4.99 Å². The molecule has 0 radical (unpaired) electrons. The number of rotatable bonds is 2. The van der Waals surface area contributed by atoms with Gasteiger partial charge in [-0.25, -0.2) is 0 Å². The van der Waals surface area contributed by atoms with E-state index in [-0.39, 0.29) is 6.61 Å². The van der Waals surface area contributed by atoms with Gasteiger partial charge in [-0.05, 0) is 5.56 Å². The molecule has 1 aliphatic heterocycles. The average Bonchev–Trinajstić information content (AvgIpc) is 2.70. The summed E-state index contributed by atoms with van der Waals surface area (Å²) in [5.41, 5.74) is 2.06. The number of hydrogen-bond acceptors (Lipinski definition) is 3. The van der Waals surface area contributed by atoms with Crippen molar-refractivity contribution in [2.45, 2.75) is 6.61 Å². The van der Waals surface area contributed by atoms with Crippen molar-refractivity contribution in [3.8, 4) is 0 Å². The van der Waals surface area contributed by atoms with E-state index < -0.39 is 0 Å². The molecule has 2 rings (SSSR count). The number of benzene rings is 1. The lowest BCUT2D eigenvalue weighted by Gasteiger charge is -2.05. The third-order valence-electron chi connectivity index (χ3n) is 2.00. The van der Waals surface area contributed by atoms with Gasteiger partial charge in [-0.15, -0.1) is 11.8 Å². The van der Waals surface area contributed by atoms with Crippen molar-refractivity contribution in [1.29, 1.82) is 0 Å². The van der Waals surface area contributed by atoms with E-state index in [4.69, 9.17) is 5.11 Å². The molecular weight excluding hydrogens is 182 g/mol. The fraction of sp³-hybridized carbons (Fsp3) is 0.300. The van der Waals surface area contributed by atoms with E-state index in [9.17, 15) is 0 Å². The van der Waals surface area contributed by atoms with E-state index in [1.807, 2.05) is 24.3 Å². The van der Waals surface area contributed by atoms with Crippen LogP contribution in [0.2, 0.25) is 0 Å². The first-order valence-corrected chi connectivity index (χ1v) is 5.27. The summed E-state index contributed by atoms with van der Waals surface area (Å²) < 4.78 is 0. The largest absolute Gasteiger partial charge is 0.392 e. The molecule has 2 nitrogen and oxygen atoms in total. The van der Waals surface area contributed by atoms with Crippen molar-refractivity contribution >= 4 is 16.8 Å². The summed E-state index contributed by atoms with van der Waals surface area (Å²) in [5, 5.41) is 10.2. The van der Waals surface area contributed by atoms with Crippen molar-refractivity contribution in [3.63, 3.8) is 0 Å². The maximum Gasteiger partial charge on any atom is 0.0981 e. The monoisotopic (exact) mass is 193 g/mol. The Hall–Kier alpha value is -0.800. The summed E-state index contributed by atoms with van der Waals surface area (Å²) in [5.74, 6) is 1.06. The molecule has 68 valence electrons. The quantitative estimate of drug-likeness (QED) is 0.775. The van der Waals surface area contributed by atoms with Gasteiger partial charge in [0.25, 0.3) is 0 Å². The van der Waals surface area contributed by atoms with E-state index in [1.165, 1.54) is 0 Å². The molecule has 0 bridgehead atoms. The van der Waals surface area contributed by atoms with Gasteiger partial charge in [0.2, 0.25) is 0 Å². The van der Waals surface area contributed by atoms with E-state index in [2.05, 4.69) is 4.99 Å². The highest BCUT2D eigenvalue weighted by atomic mass is 32.2. The molecule has 1 heterocycles. The van der Waals surface area contributed by atoms with Crippen LogP contribution in [0.4, 0.5) is 0 Å². The van der Waals surface area contributed by atoms with Gasteiger partial charge in [0.05, 0.1) is 11.7 Å². The Morgan fingerprint density at radius 1 is 1.38 bits per heavy atom. The van der Waals surface area contributed by atoms with Gasteiger partial charge >= 0.3 is 0 Å². The van der Waals surface area contributed by atoms with E-state index >= 15 is 0 Å². The zero-order valence-electron chi connectivity index (χ0n) is 7.23. The van der Waals surface area contributed by atoms with Crippen LogP contribution in [0.5, 0.6) is 0 Å². The summed E-state index contributed by atoms with van der Waals surface area (Å²) in [7, 11) is 0. The van der Waals surface area contributed by atoms with Crippen LogP contribution in [0.15, 0.2) is 29.3 Å². The molecule has 13 heavy (non-hydrogen) atoms. The van der Waals surface area contributed by atoms with Crippen molar-refractivity contribution < 1.29 is 5.11 Å². The molecule has 1 aromatic rings. The first kappa shape index (κ1) is 8.78. The number of thioether (sulfide) groups is 1. The first-order chi connectivity index (χ1) is 6.42. The van der Waals surface area contributed by atoms with Gasteiger partial charge in [0.1, 0.15) is 0 Å². The molecule has 0 saturated heterocycles. The summed E-state index contributed by atoms with van der Waals surface area (Å²) in [6, 6.07) is 7.88. The lowest BCUT2D eigenvalue weighted by Crippen LogP contribution is -1.98. The molecule has 0 atom stereocenters. The second kappa shape index (κ2) is 3.94. The summed E-state index contributed by atoms with van der Waals surface area (Å²) >= 11 is 1.76. The number of aliphatic hydroxyl groups is 1. The van der Waals surface area contributed by atoms with Crippen LogP contribution >= 0.6 is 11.8 Å². The smallest absolute Gasteiger partial charge is 0.0981 e. The SMILES string of the molecule is OCc1ccccc1C1=NCCS1. The first-order valence-electron chi connectivity index (χ1n) is 4.28. The van der Waals surface area contributed by atoms with Crippen LogP contribution in [-0.4, -0.2) is 22.4 Å². The second-order valence-corrected chi connectivity index (χ2v) is 3.93. The van der Waals surface area contributed by atoms with Crippen LogP contribution in [0.3, 0.4) is 0 Å². The lowest BCUT2D eigenvalue weighted by atomic mass is 10.1. The predicted octanol–water partition coefficient (Wildman–Crippen LogP) is 1.67. The number of aliphatic imine (C=N–C) groups is 1. The molecule has 0 unspecified atom stereocenters. The van der Waals surface area contributed by atoms with Gasteiger partial charge in [0, 0.05) is 17.9 Å². The number of aliphatic hydroxyl groups excluding tert-OH is 1. The number of hydrogen-bond donors (Lipinski definition) is 1. The zero-order valence-corrected chi connectivity index (χ0v) is 8.05. The Morgan fingerprint density at radius 3 is 2.92 bits per heavy atom. The van der Waals surface area contributed by atoms with E-state index in [1.54, 1.807) is 11.8 Å². The fourth-order valence-electron chi connectivity index (χ4n) is 1.36. The minimum absolute atomic E-state index is 0.0930. The Balaban J connectivity index is 2.38. The van der Waals surface area contributed by atoms with Crippen LogP contribution in [0.1, 0.15) is 11.1 Å². The molecular formula is C10H11NOS. The van der Waals surface area contributed by atoms with Gasteiger partial charge in [-0.3, -0.25) is 4.99 Å². The highest BCUT2D eigenvalue weighted by Gasteiger charge is 2.12.